The summed E-state index contributed by atoms with van der Waals surface area (Å²) < 4.78 is 23.8. The summed E-state index contributed by atoms with van der Waals surface area (Å²) in [6.45, 7) is 6.79. The molecule has 3 aliphatic heterocycles. The molecule has 1 saturated carbocycles. The van der Waals surface area contributed by atoms with Crippen LogP contribution in [-0.4, -0.2) is 178 Å². The zero-order chi connectivity index (χ0) is 52.4. The van der Waals surface area contributed by atoms with Crippen molar-refractivity contribution in [3.8, 4) is 0 Å². The van der Waals surface area contributed by atoms with E-state index in [1.165, 1.54) is 0 Å². The van der Waals surface area contributed by atoms with Crippen LogP contribution in [0.25, 0.3) is 0 Å². The Labute approximate surface area is 417 Å². The topological polar surface area (TPSA) is 332 Å². The van der Waals surface area contributed by atoms with Crippen molar-refractivity contribution in [2.24, 2.45) is 23.5 Å². The third-order valence-electron chi connectivity index (χ3n) is 13.8. The quantitative estimate of drug-likeness (QED) is 0.172. The minimum absolute atomic E-state index is 0.102. The molecule has 14 N–H and O–H groups in total. The average molecular weight is 1010 g/mol. The van der Waals surface area contributed by atoms with Crippen molar-refractivity contribution in [3.05, 3.63) is 85.1 Å². The second-order valence-corrected chi connectivity index (χ2v) is 19.8. The maximum absolute atomic E-state index is 14.0. The van der Waals surface area contributed by atoms with Crippen molar-refractivity contribution in [1.82, 2.24) is 5.32 Å². The molecule has 0 spiro atoms. The fourth-order valence-electron chi connectivity index (χ4n) is 9.38. The number of fused-ring (bicyclic) bond motifs is 2. The second-order valence-electron chi connectivity index (χ2n) is 19.8. The number of carbonyl (C=O) groups is 2. The molecule has 21 atom stereocenters. The number of allylic oxidation sites excluding steroid dienone is 12. The van der Waals surface area contributed by atoms with Crippen LogP contribution in [0.2, 0.25) is 0 Å². The van der Waals surface area contributed by atoms with Gasteiger partial charge < -0.3 is 86.2 Å². The summed E-state index contributed by atoms with van der Waals surface area (Å²) in [4.78, 5) is 26.7. The van der Waals surface area contributed by atoms with Crippen LogP contribution in [0.5, 0.6) is 0 Å². The highest BCUT2D eigenvalue weighted by Crippen LogP contribution is 2.39. The number of aliphatic hydroxyl groups is 11. The molecule has 402 valence electrons. The van der Waals surface area contributed by atoms with Crippen LogP contribution in [0.1, 0.15) is 98.3 Å². The molecule has 4 rings (SSSR count). The van der Waals surface area contributed by atoms with Crippen LogP contribution >= 0.6 is 0 Å². The molecule has 0 aromatic heterocycles. The van der Waals surface area contributed by atoms with E-state index in [2.05, 4.69) is 5.32 Å². The summed E-state index contributed by atoms with van der Waals surface area (Å²) in [5.74, 6) is -5.77. The van der Waals surface area contributed by atoms with Crippen molar-refractivity contribution in [1.29, 1.82) is 0 Å². The number of aliphatic hydroxyl groups excluding tert-OH is 10. The normalized spacial score (nSPS) is 45.8. The summed E-state index contributed by atoms with van der Waals surface area (Å²) >= 11 is 0. The third kappa shape index (κ3) is 19.4. The molecular formula is C52H82N2O17. The molecule has 1 aliphatic carbocycles. The fraction of sp³-hybridized carbons (Fsp3) is 0.692. The van der Waals surface area contributed by atoms with Gasteiger partial charge in [0.2, 0.25) is 5.91 Å². The molecule has 0 unspecified atom stereocenters. The van der Waals surface area contributed by atoms with E-state index in [-0.39, 0.29) is 31.6 Å². The Bertz CT molecular complexity index is 1840. The number of hydrogen-bond donors (Lipinski definition) is 13. The van der Waals surface area contributed by atoms with Crippen LogP contribution < -0.4 is 11.1 Å². The predicted octanol–water partition coefficient (Wildman–Crippen LogP) is 0.657. The van der Waals surface area contributed by atoms with Crippen LogP contribution in [0.15, 0.2) is 85.1 Å². The SMILES string of the molecule is C[C@@H]1[C@H](O)[C@@H](C)/C=C/C=C/C=C/C=C/C=C/C=C/C=C/[C@H](O[C@@H]2O[C@H](C)[C@@H](O)[C@H](N)[C@@H]2O)C[C@@H]2O[C@](O)(C[C@@H](O)C[C@@H](O)[C@H](O)CC[C@@H](O)C[C@@H](O)CC(=O)O[C@H]1C)C[C@H](O)[C@H]2C(=O)N[C@@H]1CCC[C@H]1O. The highest BCUT2D eigenvalue weighted by molar-refractivity contribution is 5.80. The minimum Gasteiger partial charge on any atom is -0.462 e. The van der Waals surface area contributed by atoms with Gasteiger partial charge in [0, 0.05) is 37.5 Å². The van der Waals surface area contributed by atoms with Crippen LogP contribution in [0.4, 0.5) is 0 Å². The van der Waals surface area contributed by atoms with Gasteiger partial charge in [0.05, 0.1) is 97.7 Å². The number of hydrogen-bond acceptors (Lipinski definition) is 18. The lowest BCUT2D eigenvalue weighted by atomic mass is 9.82. The molecule has 1 amide bonds. The van der Waals surface area contributed by atoms with Gasteiger partial charge in [-0.2, -0.15) is 0 Å². The Hall–Kier alpha value is -3.48. The lowest BCUT2D eigenvalue weighted by Crippen LogP contribution is -2.62. The van der Waals surface area contributed by atoms with Gasteiger partial charge in [-0.1, -0.05) is 98.9 Å². The summed E-state index contributed by atoms with van der Waals surface area (Å²) in [5.41, 5.74) is 6.11. The van der Waals surface area contributed by atoms with E-state index in [1.54, 1.807) is 75.5 Å². The van der Waals surface area contributed by atoms with Gasteiger partial charge in [0.1, 0.15) is 12.2 Å². The number of cyclic esters (lactones) is 1. The molecule has 3 fully saturated rings. The Kier molecular flexibility index (Phi) is 24.9. The molecule has 2 bridgehead atoms. The van der Waals surface area contributed by atoms with Gasteiger partial charge in [-0.3, -0.25) is 9.59 Å². The first-order chi connectivity index (χ1) is 33.6. The molecule has 19 heteroatoms. The van der Waals surface area contributed by atoms with Crippen molar-refractivity contribution < 1.29 is 84.7 Å². The monoisotopic (exact) mass is 1010 g/mol. The molecule has 0 aromatic carbocycles. The summed E-state index contributed by atoms with van der Waals surface area (Å²) in [7, 11) is 0. The Balaban J connectivity index is 1.60. The number of nitrogens with two attached hydrogens (primary N) is 1. The molecule has 0 aromatic rings. The van der Waals surface area contributed by atoms with Crippen molar-refractivity contribution in [2.45, 2.75) is 208 Å². The fourth-order valence-corrected chi connectivity index (χ4v) is 9.38. The largest absolute Gasteiger partial charge is 0.462 e. The summed E-state index contributed by atoms with van der Waals surface area (Å²) in [6.07, 6.45) is 5.10. The smallest absolute Gasteiger partial charge is 0.308 e. The number of carbonyl (C=O) groups excluding carboxylic acids is 2. The van der Waals surface area contributed by atoms with E-state index in [1.807, 2.05) is 37.3 Å². The van der Waals surface area contributed by atoms with Gasteiger partial charge in [0.15, 0.2) is 12.1 Å². The molecule has 19 nitrogen and oxygen atoms in total. The number of esters is 1. The first kappa shape index (κ1) is 60.1. The van der Waals surface area contributed by atoms with Crippen molar-refractivity contribution in [3.63, 3.8) is 0 Å². The lowest BCUT2D eigenvalue weighted by Gasteiger charge is -2.46. The van der Waals surface area contributed by atoms with E-state index in [0.717, 1.165) is 0 Å². The van der Waals surface area contributed by atoms with Crippen LogP contribution in [0, 0.1) is 17.8 Å². The van der Waals surface area contributed by atoms with Crippen LogP contribution in [0.3, 0.4) is 0 Å². The molecule has 4 aliphatic rings. The number of ether oxygens (including phenoxy) is 4. The van der Waals surface area contributed by atoms with Gasteiger partial charge in [-0.15, -0.1) is 0 Å². The van der Waals surface area contributed by atoms with Gasteiger partial charge in [0.25, 0.3) is 0 Å². The summed E-state index contributed by atoms with van der Waals surface area (Å²) in [5, 5.41) is 123. The molecule has 3 heterocycles. The molecule has 0 radical (unpaired) electrons. The Morgan fingerprint density at radius 3 is 1.86 bits per heavy atom. The first-order valence-electron chi connectivity index (χ1n) is 25.0. The first-order valence-corrected chi connectivity index (χ1v) is 25.0. The van der Waals surface area contributed by atoms with Crippen molar-refractivity contribution >= 4 is 11.9 Å². The second kappa shape index (κ2) is 29.4. The average Bonchev–Trinajstić information content (AvgIpc) is 3.70. The van der Waals surface area contributed by atoms with E-state index >= 15 is 0 Å². The predicted molar refractivity (Wildman–Crippen MR) is 261 cm³/mol. The zero-order valence-electron chi connectivity index (χ0n) is 41.4. The zero-order valence-corrected chi connectivity index (χ0v) is 41.4. The molecule has 2 saturated heterocycles. The molecular weight excluding hydrogens is 925 g/mol. The number of rotatable bonds is 4. The van der Waals surface area contributed by atoms with E-state index < -0.39 is 159 Å². The maximum atomic E-state index is 14.0. The minimum atomic E-state index is -2.30. The van der Waals surface area contributed by atoms with Gasteiger partial charge >= 0.3 is 5.97 Å². The maximum Gasteiger partial charge on any atom is 0.308 e. The Morgan fingerprint density at radius 2 is 1.25 bits per heavy atom. The van der Waals surface area contributed by atoms with E-state index in [4.69, 9.17) is 24.7 Å². The molecule has 71 heavy (non-hydrogen) atoms. The third-order valence-corrected chi connectivity index (χ3v) is 13.8. The van der Waals surface area contributed by atoms with Gasteiger partial charge in [-0.25, -0.2) is 0 Å². The lowest BCUT2D eigenvalue weighted by molar-refractivity contribution is -0.307. The van der Waals surface area contributed by atoms with Crippen LogP contribution in [-0.2, 0) is 28.5 Å². The number of amides is 1. The summed E-state index contributed by atoms with van der Waals surface area (Å²) in [6, 6.07) is -1.74. The number of nitrogens with one attached hydrogen (secondary N) is 1. The van der Waals surface area contributed by atoms with E-state index in [0.29, 0.717) is 19.3 Å². The Morgan fingerprint density at radius 1 is 0.648 bits per heavy atom. The van der Waals surface area contributed by atoms with Crippen molar-refractivity contribution in [2.75, 3.05) is 0 Å². The van der Waals surface area contributed by atoms with E-state index in [9.17, 15) is 65.8 Å². The van der Waals surface area contributed by atoms with Gasteiger partial charge in [-0.05, 0) is 52.4 Å². The standard InChI is InChI=1S/C52H82N2O17/c1-30-18-15-13-11-9-7-5-6-8-10-12-14-16-19-37(70-51-49(65)46(53)48(64)33(4)69-51)27-43-45(50(66)54-38-20-17-21-39(38)58)42(61)29-52(67,71-43)28-36(57)25-41(60)40(59)23-22-34(55)24-35(56)26-44(62)68-32(3)31(2)47(30)63/h5-16,18-19,30-43,45-49,51,55-61,63-65,67H,17,20-29,53H2,1-4H3,(H,54,66)/b6-5+,9-7+,10-8+,13-11+,14-12+,18-15+,19-16+/t30-,31-,32-,33+,34+,35+,36-,37-,38+,39+,40+,41+,42-,43-,45+,46-,47+,48+,49-,51-,52+/m0/s1. The highest BCUT2D eigenvalue weighted by atomic mass is 16.7. The highest BCUT2D eigenvalue weighted by Gasteiger charge is 2.51.